The van der Waals surface area contributed by atoms with E-state index in [1.165, 1.54) is 18.2 Å². The summed E-state index contributed by atoms with van der Waals surface area (Å²) in [6, 6.07) is 15.3. The first-order valence-electron chi connectivity index (χ1n) is 12.5. The molecule has 0 radical (unpaired) electrons. The molecule has 2 atom stereocenters. The van der Waals surface area contributed by atoms with Crippen LogP contribution in [0.25, 0.3) is 10.9 Å². The van der Waals surface area contributed by atoms with Crippen molar-refractivity contribution in [1.29, 1.82) is 0 Å². The monoisotopic (exact) mass is 538 g/mol. The lowest BCUT2D eigenvalue weighted by atomic mass is 9.75. The van der Waals surface area contributed by atoms with Gasteiger partial charge in [0.1, 0.15) is 11.6 Å². The summed E-state index contributed by atoms with van der Waals surface area (Å²) >= 11 is 6.00. The molecule has 3 aromatic carbocycles. The number of halogens is 3. The highest BCUT2D eigenvalue weighted by Crippen LogP contribution is 2.44. The summed E-state index contributed by atoms with van der Waals surface area (Å²) in [5, 5.41) is 12.2. The quantitative estimate of drug-likeness (QED) is 0.198. The summed E-state index contributed by atoms with van der Waals surface area (Å²) in [7, 11) is 0. The molecule has 0 saturated carbocycles. The van der Waals surface area contributed by atoms with Gasteiger partial charge in [0.25, 0.3) is 5.91 Å². The van der Waals surface area contributed by atoms with Crippen LogP contribution in [0.1, 0.15) is 70.6 Å². The van der Waals surface area contributed by atoms with Gasteiger partial charge in [0, 0.05) is 29.6 Å². The number of benzene rings is 3. The van der Waals surface area contributed by atoms with E-state index in [2.05, 4.69) is 17.2 Å². The maximum atomic E-state index is 14.8. The van der Waals surface area contributed by atoms with Gasteiger partial charge in [-0.05, 0) is 77.9 Å². The van der Waals surface area contributed by atoms with Gasteiger partial charge < -0.3 is 15.4 Å². The van der Waals surface area contributed by atoms with Crippen molar-refractivity contribution in [3.8, 4) is 0 Å². The molecule has 5 nitrogen and oxygen atoms in total. The number of fused-ring (bicyclic) bond motifs is 1. The highest BCUT2D eigenvalue weighted by Gasteiger charge is 2.29. The molecular weight excluding hydrogens is 510 g/mol. The molecule has 198 valence electrons. The lowest BCUT2D eigenvalue weighted by Gasteiger charge is -2.29. The molecule has 0 aliphatic heterocycles. The predicted molar refractivity (Wildman–Crippen MR) is 145 cm³/mol. The van der Waals surface area contributed by atoms with Crippen LogP contribution in [-0.4, -0.2) is 28.5 Å². The Balaban J connectivity index is 1.78. The Morgan fingerprint density at radius 3 is 2.39 bits per heavy atom. The Labute approximate surface area is 224 Å². The number of aromatic nitrogens is 1. The minimum atomic E-state index is -0.986. The summed E-state index contributed by atoms with van der Waals surface area (Å²) < 4.78 is 29.5. The number of aliphatic carboxylic acids is 1. The molecule has 8 heteroatoms. The number of carboxylic acids is 1. The number of carboxylic acid groups (broad SMARTS) is 1. The van der Waals surface area contributed by atoms with E-state index < -0.39 is 11.8 Å². The second-order valence-electron chi connectivity index (χ2n) is 9.48. The third-order valence-corrected chi connectivity index (χ3v) is 7.09. The van der Waals surface area contributed by atoms with Crippen LogP contribution in [0.3, 0.4) is 0 Å². The number of carbonyl (C=O) groups is 2. The number of hydrogen-bond donors (Lipinski definition) is 3. The highest BCUT2D eigenvalue weighted by atomic mass is 35.5. The molecule has 0 saturated heterocycles. The molecule has 1 heterocycles. The average Bonchev–Trinajstić information content (AvgIpc) is 3.29. The summed E-state index contributed by atoms with van der Waals surface area (Å²) in [5.74, 6) is -2.67. The SMILES string of the molecule is CCCC(c1ccc(C(=O)NCCC(=O)O)cc1)C(c1ccc(Cl)c(F)c1)c1c[nH]c2c(F)cc(C)cc12. The van der Waals surface area contributed by atoms with Crippen molar-refractivity contribution < 1.29 is 23.5 Å². The fourth-order valence-corrected chi connectivity index (χ4v) is 5.16. The summed E-state index contributed by atoms with van der Waals surface area (Å²) in [4.78, 5) is 26.3. The standard InChI is InChI=1S/C30H29ClF2N2O3/c1-3-4-21(18-5-7-19(8-6-18)30(38)34-12-11-27(36)37)28(20-9-10-24(31)25(32)15-20)23-16-35-29-22(23)13-17(2)14-26(29)33/h5-10,13-16,21,28,35H,3-4,11-12H2,1-2H3,(H,34,38)(H,36,37). The van der Waals surface area contributed by atoms with E-state index in [-0.39, 0.29) is 41.5 Å². The highest BCUT2D eigenvalue weighted by molar-refractivity contribution is 6.30. The molecule has 0 fully saturated rings. The topological polar surface area (TPSA) is 82.2 Å². The molecular formula is C30H29ClF2N2O3. The predicted octanol–water partition coefficient (Wildman–Crippen LogP) is 7.33. The number of hydrogen-bond acceptors (Lipinski definition) is 2. The van der Waals surface area contributed by atoms with Crippen LogP contribution in [-0.2, 0) is 4.79 Å². The molecule has 0 aliphatic carbocycles. The van der Waals surface area contributed by atoms with Gasteiger partial charge in [0.05, 0.1) is 17.0 Å². The third-order valence-electron chi connectivity index (χ3n) is 6.78. The van der Waals surface area contributed by atoms with E-state index in [1.54, 1.807) is 24.4 Å². The first-order chi connectivity index (χ1) is 18.2. The first-order valence-corrected chi connectivity index (χ1v) is 12.9. The van der Waals surface area contributed by atoms with Crippen LogP contribution >= 0.6 is 11.6 Å². The number of rotatable bonds is 10. The smallest absolute Gasteiger partial charge is 0.305 e. The van der Waals surface area contributed by atoms with Gasteiger partial charge in [0.2, 0.25) is 0 Å². The van der Waals surface area contributed by atoms with Crippen LogP contribution in [0.2, 0.25) is 5.02 Å². The molecule has 1 amide bonds. The first kappa shape index (κ1) is 27.3. The Morgan fingerprint density at radius 1 is 1.03 bits per heavy atom. The second kappa shape index (κ2) is 11.8. The molecule has 2 unspecified atom stereocenters. The van der Waals surface area contributed by atoms with Crippen molar-refractivity contribution in [2.45, 2.75) is 44.9 Å². The van der Waals surface area contributed by atoms with Crippen molar-refractivity contribution in [3.05, 3.63) is 105 Å². The maximum absolute atomic E-state index is 14.8. The molecule has 4 rings (SSSR count). The Bertz CT molecular complexity index is 1470. The van der Waals surface area contributed by atoms with Crippen molar-refractivity contribution >= 4 is 34.4 Å². The van der Waals surface area contributed by atoms with Crippen molar-refractivity contribution in [2.75, 3.05) is 6.54 Å². The fourth-order valence-electron chi connectivity index (χ4n) is 5.04. The Kier molecular flexibility index (Phi) is 8.47. The molecule has 1 aromatic heterocycles. The zero-order valence-corrected chi connectivity index (χ0v) is 21.9. The van der Waals surface area contributed by atoms with E-state index in [0.29, 0.717) is 16.6 Å². The van der Waals surface area contributed by atoms with Crippen molar-refractivity contribution in [1.82, 2.24) is 10.3 Å². The van der Waals surface area contributed by atoms with Crippen LogP contribution in [0, 0.1) is 18.6 Å². The van der Waals surface area contributed by atoms with E-state index in [4.69, 9.17) is 16.7 Å². The zero-order valence-electron chi connectivity index (χ0n) is 21.2. The fraction of sp³-hybridized carbons (Fsp3) is 0.267. The normalized spacial score (nSPS) is 12.9. The van der Waals surface area contributed by atoms with Crippen LogP contribution in [0.5, 0.6) is 0 Å². The Hall–Kier alpha value is -3.71. The minimum Gasteiger partial charge on any atom is -0.481 e. The Morgan fingerprint density at radius 2 is 1.74 bits per heavy atom. The summed E-state index contributed by atoms with van der Waals surface area (Å²) in [6.45, 7) is 3.94. The summed E-state index contributed by atoms with van der Waals surface area (Å²) in [5.41, 5.74) is 4.09. The van der Waals surface area contributed by atoms with E-state index in [9.17, 15) is 18.4 Å². The summed E-state index contributed by atoms with van der Waals surface area (Å²) in [6.07, 6.45) is 3.22. The zero-order chi connectivity index (χ0) is 27.4. The molecule has 4 aromatic rings. The number of amides is 1. The van der Waals surface area contributed by atoms with Crippen LogP contribution in [0.15, 0.2) is 60.8 Å². The van der Waals surface area contributed by atoms with Crippen molar-refractivity contribution in [2.24, 2.45) is 0 Å². The minimum absolute atomic E-state index is 0.0265. The van der Waals surface area contributed by atoms with Gasteiger partial charge in [-0.1, -0.05) is 43.1 Å². The molecule has 3 N–H and O–H groups in total. The van der Waals surface area contributed by atoms with Gasteiger partial charge in [-0.15, -0.1) is 0 Å². The number of aromatic amines is 1. The van der Waals surface area contributed by atoms with Crippen LogP contribution < -0.4 is 5.32 Å². The van der Waals surface area contributed by atoms with Gasteiger partial charge in [-0.25, -0.2) is 8.78 Å². The number of aryl methyl sites for hydroxylation is 1. The second-order valence-corrected chi connectivity index (χ2v) is 9.89. The molecule has 0 aliphatic rings. The lowest BCUT2D eigenvalue weighted by Crippen LogP contribution is -2.26. The van der Waals surface area contributed by atoms with E-state index in [0.717, 1.165) is 34.9 Å². The molecule has 0 spiro atoms. The van der Waals surface area contributed by atoms with Crippen LogP contribution in [0.4, 0.5) is 8.78 Å². The van der Waals surface area contributed by atoms with Gasteiger partial charge in [0.15, 0.2) is 0 Å². The molecule has 38 heavy (non-hydrogen) atoms. The molecule has 0 bridgehead atoms. The average molecular weight is 539 g/mol. The lowest BCUT2D eigenvalue weighted by molar-refractivity contribution is -0.136. The van der Waals surface area contributed by atoms with E-state index >= 15 is 0 Å². The van der Waals surface area contributed by atoms with Gasteiger partial charge in [-0.3, -0.25) is 9.59 Å². The van der Waals surface area contributed by atoms with E-state index in [1.807, 2.05) is 25.1 Å². The maximum Gasteiger partial charge on any atom is 0.305 e. The van der Waals surface area contributed by atoms with Gasteiger partial charge >= 0.3 is 5.97 Å². The third kappa shape index (κ3) is 5.89. The van der Waals surface area contributed by atoms with Gasteiger partial charge in [-0.2, -0.15) is 0 Å². The number of H-pyrrole nitrogens is 1. The largest absolute Gasteiger partial charge is 0.481 e. The van der Waals surface area contributed by atoms with Crippen molar-refractivity contribution in [3.63, 3.8) is 0 Å². The number of nitrogens with one attached hydrogen (secondary N) is 2. The number of carbonyl (C=O) groups excluding carboxylic acids is 1.